The van der Waals surface area contributed by atoms with Gasteiger partial charge in [-0.25, -0.2) is 0 Å². The summed E-state index contributed by atoms with van der Waals surface area (Å²) >= 11 is 0. The third-order valence-corrected chi connectivity index (χ3v) is 2.19. The van der Waals surface area contributed by atoms with E-state index in [4.69, 9.17) is 5.11 Å². The number of aliphatic hydroxyl groups is 1. The van der Waals surface area contributed by atoms with Crippen molar-refractivity contribution in [3.8, 4) is 0 Å². The fourth-order valence-electron chi connectivity index (χ4n) is 1.19. The fourth-order valence-corrected chi connectivity index (χ4v) is 1.19. The van der Waals surface area contributed by atoms with Crippen molar-refractivity contribution in [2.45, 2.75) is 51.9 Å². The van der Waals surface area contributed by atoms with Gasteiger partial charge in [-0.15, -0.1) is 0 Å². The molecule has 0 aromatic carbocycles. The minimum absolute atomic E-state index is 0.349. The molecule has 12 heavy (non-hydrogen) atoms. The Bertz CT molecular complexity index is 108. The van der Waals surface area contributed by atoms with Gasteiger partial charge in [-0.2, -0.15) is 0 Å². The van der Waals surface area contributed by atoms with Crippen LogP contribution in [0, 0.1) is 0 Å². The lowest BCUT2D eigenvalue weighted by Gasteiger charge is -2.01. The van der Waals surface area contributed by atoms with Crippen LogP contribution in [0.3, 0.4) is 0 Å². The molecule has 0 saturated heterocycles. The maximum atomic E-state index is 8.53. The molecule has 0 aliphatic carbocycles. The molecule has 72 valence electrons. The first-order valence-electron chi connectivity index (χ1n) is 5.08. The maximum absolute atomic E-state index is 8.53. The van der Waals surface area contributed by atoms with Crippen LogP contribution in [0.2, 0.25) is 0 Å². The standard InChI is InChI=1S/C11H22O/c1-3-11(2)9-7-5-4-6-8-10-12/h12H,2-10H2,1H3. The molecule has 0 atom stereocenters. The largest absolute Gasteiger partial charge is 0.396 e. The number of rotatable bonds is 8. The van der Waals surface area contributed by atoms with Crippen molar-refractivity contribution in [3.63, 3.8) is 0 Å². The van der Waals surface area contributed by atoms with Gasteiger partial charge < -0.3 is 5.11 Å². The van der Waals surface area contributed by atoms with Gasteiger partial charge in [-0.1, -0.05) is 38.3 Å². The molecule has 0 amide bonds. The second-order valence-electron chi connectivity index (χ2n) is 3.34. The quantitative estimate of drug-likeness (QED) is 0.438. The second kappa shape index (κ2) is 8.79. The monoisotopic (exact) mass is 170 g/mol. The lowest BCUT2D eigenvalue weighted by molar-refractivity contribution is 0.282. The first-order valence-corrected chi connectivity index (χ1v) is 5.08. The predicted molar refractivity (Wildman–Crippen MR) is 54.2 cm³/mol. The lowest BCUT2D eigenvalue weighted by Crippen LogP contribution is -1.84. The third-order valence-electron chi connectivity index (χ3n) is 2.19. The van der Waals surface area contributed by atoms with Gasteiger partial charge >= 0.3 is 0 Å². The molecule has 1 heteroatoms. The van der Waals surface area contributed by atoms with Crippen LogP contribution in [0.4, 0.5) is 0 Å². The van der Waals surface area contributed by atoms with Crippen LogP contribution in [0.5, 0.6) is 0 Å². The molecule has 0 spiro atoms. The molecule has 0 bridgehead atoms. The number of unbranched alkanes of at least 4 members (excludes halogenated alkanes) is 4. The van der Waals surface area contributed by atoms with Crippen LogP contribution in [-0.2, 0) is 0 Å². The van der Waals surface area contributed by atoms with E-state index in [0.717, 1.165) is 12.8 Å². The minimum atomic E-state index is 0.349. The Kier molecular flexibility index (Phi) is 8.57. The topological polar surface area (TPSA) is 20.2 Å². The molecule has 0 unspecified atom stereocenters. The molecule has 0 aliphatic rings. The van der Waals surface area contributed by atoms with Gasteiger partial charge in [0.15, 0.2) is 0 Å². The van der Waals surface area contributed by atoms with E-state index in [1.807, 2.05) is 0 Å². The van der Waals surface area contributed by atoms with Crippen LogP contribution < -0.4 is 0 Å². The Balaban J connectivity index is 2.95. The summed E-state index contributed by atoms with van der Waals surface area (Å²) < 4.78 is 0. The van der Waals surface area contributed by atoms with E-state index in [-0.39, 0.29) is 0 Å². The van der Waals surface area contributed by atoms with Gasteiger partial charge in [-0.3, -0.25) is 0 Å². The number of aliphatic hydroxyl groups excluding tert-OH is 1. The zero-order valence-corrected chi connectivity index (χ0v) is 8.31. The zero-order valence-electron chi connectivity index (χ0n) is 8.31. The van der Waals surface area contributed by atoms with Crippen LogP contribution >= 0.6 is 0 Å². The van der Waals surface area contributed by atoms with Crippen molar-refractivity contribution in [2.75, 3.05) is 6.61 Å². The Morgan fingerprint density at radius 2 is 1.67 bits per heavy atom. The Labute approximate surface area is 76.5 Å². The summed E-state index contributed by atoms with van der Waals surface area (Å²) in [5.41, 5.74) is 1.37. The summed E-state index contributed by atoms with van der Waals surface area (Å²) in [5, 5.41) is 8.53. The zero-order chi connectivity index (χ0) is 9.23. The van der Waals surface area contributed by atoms with E-state index in [1.165, 1.54) is 37.7 Å². The fraction of sp³-hybridized carbons (Fsp3) is 0.818. The predicted octanol–water partition coefficient (Wildman–Crippen LogP) is 3.29. The normalized spacial score (nSPS) is 10.2. The van der Waals surface area contributed by atoms with Crippen molar-refractivity contribution in [1.29, 1.82) is 0 Å². The molecule has 0 fully saturated rings. The Hall–Kier alpha value is -0.300. The first kappa shape index (κ1) is 11.7. The molecule has 1 N–H and O–H groups in total. The molecular formula is C11H22O. The third kappa shape index (κ3) is 7.80. The van der Waals surface area contributed by atoms with Gasteiger partial charge in [0.2, 0.25) is 0 Å². The van der Waals surface area contributed by atoms with Gasteiger partial charge in [0.05, 0.1) is 0 Å². The van der Waals surface area contributed by atoms with Crippen molar-refractivity contribution in [1.82, 2.24) is 0 Å². The summed E-state index contributed by atoms with van der Waals surface area (Å²) in [6, 6.07) is 0. The second-order valence-corrected chi connectivity index (χ2v) is 3.34. The minimum Gasteiger partial charge on any atom is -0.396 e. The molecule has 1 nitrogen and oxygen atoms in total. The van der Waals surface area contributed by atoms with Gasteiger partial charge in [0.1, 0.15) is 0 Å². The highest BCUT2D eigenvalue weighted by Crippen LogP contribution is 2.11. The van der Waals surface area contributed by atoms with Crippen LogP contribution in [0.25, 0.3) is 0 Å². The van der Waals surface area contributed by atoms with Crippen molar-refractivity contribution in [2.24, 2.45) is 0 Å². The molecule has 0 aliphatic heterocycles. The highest BCUT2D eigenvalue weighted by Gasteiger charge is 1.92. The molecule has 0 saturated carbocycles. The highest BCUT2D eigenvalue weighted by atomic mass is 16.2. The summed E-state index contributed by atoms with van der Waals surface area (Å²) in [5.74, 6) is 0. The van der Waals surface area contributed by atoms with E-state index in [1.54, 1.807) is 0 Å². The smallest absolute Gasteiger partial charge is 0.0431 e. The SMILES string of the molecule is C=C(CC)CCCCCCCO. The first-order chi connectivity index (χ1) is 5.81. The lowest BCUT2D eigenvalue weighted by atomic mass is 10.1. The van der Waals surface area contributed by atoms with E-state index < -0.39 is 0 Å². The molecular weight excluding hydrogens is 148 g/mol. The number of allylic oxidation sites excluding steroid dienone is 1. The van der Waals surface area contributed by atoms with E-state index in [9.17, 15) is 0 Å². The van der Waals surface area contributed by atoms with Gasteiger partial charge in [0, 0.05) is 6.61 Å². The Morgan fingerprint density at radius 3 is 2.25 bits per heavy atom. The molecule has 0 aromatic rings. The summed E-state index contributed by atoms with van der Waals surface area (Å²) in [6.45, 7) is 6.48. The molecule has 0 rings (SSSR count). The van der Waals surface area contributed by atoms with E-state index in [2.05, 4.69) is 13.5 Å². The van der Waals surface area contributed by atoms with Crippen LogP contribution in [0.15, 0.2) is 12.2 Å². The van der Waals surface area contributed by atoms with E-state index in [0.29, 0.717) is 6.61 Å². The number of hydrogen-bond donors (Lipinski definition) is 1. The maximum Gasteiger partial charge on any atom is 0.0431 e. The number of hydrogen-bond acceptors (Lipinski definition) is 1. The average molecular weight is 170 g/mol. The van der Waals surface area contributed by atoms with Gasteiger partial charge in [0.25, 0.3) is 0 Å². The summed E-state index contributed by atoms with van der Waals surface area (Å²) in [7, 11) is 0. The average Bonchev–Trinajstić information content (AvgIpc) is 2.10. The van der Waals surface area contributed by atoms with Crippen molar-refractivity contribution >= 4 is 0 Å². The van der Waals surface area contributed by atoms with Crippen molar-refractivity contribution < 1.29 is 5.11 Å². The molecule has 0 aromatic heterocycles. The highest BCUT2D eigenvalue weighted by molar-refractivity contribution is 4.91. The van der Waals surface area contributed by atoms with Gasteiger partial charge in [-0.05, 0) is 25.7 Å². The summed E-state index contributed by atoms with van der Waals surface area (Å²) in [4.78, 5) is 0. The summed E-state index contributed by atoms with van der Waals surface area (Å²) in [6.07, 6.45) is 8.28. The van der Waals surface area contributed by atoms with E-state index >= 15 is 0 Å². The Morgan fingerprint density at radius 1 is 1.08 bits per heavy atom. The van der Waals surface area contributed by atoms with Crippen molar-refractivity contribution in [3.05, 3.63) is 12.2 Å². The van der Waals surface area contributed by atoms with Crippen LogP contribution in [0.1, 0.15) is 51.9 Å². The molecule has 0 radical (unpaired) electrons. The van der Waals surface area contributed by atoms with Crippen LogP contribution in [-0.4, -0.2) is 11.7 Å². The molecule has 0 heterocycles.